The van der Waals surface area contributed by atoms with Crippen molar-refractivity contribution in [3.05, 3.63) is 88.1 Å². The van der Waals surface area contributed by atoms with Gasteiger partial charge in [-0.05, 0) is 41.1 Å². The highest BCUT2D eigenvalue weighted by molar-refractivity contribution is 7.12. The third-order valence-corrected chi connectivity index (χ3v) is 5.14. The van der Waals surface area contributed by atoms with Gasteiger partial charge in [0, 0.05) is 13.0 Å². The molecule has 0 fully saturated rings. The normalized spacial score (nSPS) is 11.6. The van der Waals surface area contributed by atoms with Gasteiger partial charge in [0.2, 0.25) is 5.91 Å². The fourth-order valence-corrected chi connectivity index (χ4v) is 3.49. The van der Waals surface area contributed by atoms with Crippen molar-refractivity contribution in [3.8, 4) is 5.75 Å². The summed E-state index contributed by atoms with van der Waals surface area (Å²) < 4.78 is 0. The predicted molar refractivity (Wildman–Crippen MR) is 111 cm³/mol. The Hall–Kier alpha value is -3.12. The summed E-state index contributed by atoms with van der Waals surface area (Å²) in [5.74, 6) is -0.276. The van der Waals surface area contributed by atoms with Crippen molar-refractivity contribution >= 4 is 23.2 Å². The summed E-state index contributed by atoms with van der Waals surface area (Å²) in [6.07, 6.45) is 1.01. The number of hydrogen-bond donors (Lipinski definition) is 3. The Morgan fingerprint density at radius 3 is 2.46 bits per heavy atom. The minimum atomic E-state index is -0.666. The van der Waals surface area contributed by atoms with E-state index in [9.17, 15) is 14.7 Å². The molecule has 2 aromatic carbocycles. The molecule has 1 aromatic heterocycles. The molecule has 3 rings (SSSR count). The Kier molecular flexibility index (Phi) is 6.81. The van der Waals surface area contributed by atoms with Crippen molar-refractivity contribution in [1.82, 2.24) is 10.6 Å². The molecule has 28 heavy (non-hydrogen) atoms. The van der Waals surface area contributed by atoms with Crippen molar-refractivity contribution in [2.75, 3.05) is 6.54 Å². The smallest absolute Gasteiger partial charge is 0.262 e. The first-order valence-corrected chi connectivity index (χ1v) is 9.93. The molecule has 0 spiro atoms. The van der Waals surface area contributed by atoms with Crippen LogP contribution in [0.25, 0.3) is 0 Å². The van der Waals surface area contributed by atoms with Gasteiger partial charge >= 0.3 is 0 Å². The Labute approximate surface area is 168 Å². The van der Waals surface area contributed by atoms with Crippen LogP contribution >= 0.6 is 11.3 Å². The standard InChI is InChI=1S/C22H22N2O3S/c25-18-9-4-8-17(14-18)11-12-23-21(26)19(15-16-6-2-1-3-7-16)24-22(27)20-10-5-13-28-20/h1-10,13-14,19,25H,11-12,15H2,(H,23,26)(H,24,27)/t19-/m0/s1. The second kappa shape index (κ2) is 9.71. The maximum absolute atomic E-state index is 12.7. The van der Waals surface area contributed by atoms with E-state index in [-0.39, 0.29) is 17.6 Å². The molecule has 0 radical (unpaired) electrons. The van der Waals surface area contributed by atoms with Crippen LogP contribution in [0.3, 0.4) is 0 Å². The third kappa shape index (κ3) is 5.69. The van der Waals surface area contributed by atoms with Crippen LogP contribution in [-0.2, 0) is 17.6 Å². The number of carbonyl (C=O) groups is 2. The molecule has 0 saturated carbocycles. The molecule has 0 bridgehead atoms. The van der Waals surface area contributed by atoms with Crippen LogP contribution in [0.2, 0.25) is 0 Å². The SMILES string of the molecule is O=C(N[C@@H](Cc1ccccc1)C(=O)NCCc1cccc(O)c1)c1cccs1. The lowest BCUT2D eigenvalue weighted by molar-refractivity contribution is -0.122. The van der Waals surface area contributed by atoms with E-state index in [4.69, 9.17) is 0 Å². The van der Waals surface area contributed by atoms with E-state index in [1.165, 1.54) is 11.3 Å². The largest absolute Gasteiger partial charge is 0.508 e. The van der Waals surface area contributed by atoms with Crippen LogP contribution in [-0.4, -0.2) is 29.5 Å². The van der Waals surface area contributed by atoms with Crippen molar-refractivity contribution in [1.29, 1.82) is 0 Å². The molecule has 144 valence electrons. The number of benzene rings is 2. The van der Waals surface area contributed by atoms with Gasteiger partial charge in [0.25, 0.3) is 5.91 Å². The molecule has 0 saturated heterocycles. The van der Waals surface area contributed by atoms with E-state index in [1.807, 2.05) is 41.8 Å². The highest BCUT2D eigenvalue weighted by Crippen LogP contribution is 2.12. The summed E-state index contributed by atoms with van der Waals surface area (Å²) in [5, 5.41) is 17.1. The Balaban J connectivity index is 1.62. The van der Waals surface area contributed by atoms with Crippen LogP contribution in [0.15, 0.2) is 72.1 Å². The maximum Gasteiger partial charge on any atom is 0.262 e. The van der Waals surface area contributed by atoms with Gasteiger partial charge in [0.15, 0.2) is 0 Å². The van der Waals surface area contributed by atoms with Gasteiger partial charge in [0.05, 0.1) is 4.88 Å². The molecule has 5 nitrogen and oxygen atoms in total. The zero-order chi connectivity index (χ0) is 19.8. The Morgan fingerprint density at radius 1 is 0.964 bits per heavy atom. The molecule has 1 heterocycles. The summed E-state index contributed by atoms with van der Waals surface area (Å²) in [7, 11) is 0. The fourth-order valence-electron chi connectivity index (χ4n) is 2.86. The Bertz CT molecular complexity index is 911. The number of hydrogen-bond acceptors (Lipinski definition) is 4. The number of thiophene rings is 1. The lowest BCUT2D eigenvalue weighted by atomic mass is 10.0. The molecule has 0 unspecified atom stereocenters. The molecule has 6 heteroatoms. The number of amides is 2. The molecule has 0 aliphatic rings. The van der Waals surface area contributed by atoms with Crippen LogP contribution in [0.1, 0.15) is 20.8 Å². The Morgan fingerprint density at radius 2 is 1.75 bits per heavy atom. The number of rotatable bonds is 8. The molecule has 0 aliphatic carbocycles. The molecular formula is C22H22N2O3S. The first-order chi connectivity index (χ1) is 13.6. The summed E-state index contributed by atoms with van der Waals surface area (Å²) >= 11 is 1.34. The number of phenols is 1. The number of aromatic hydroxyl groups is 1. The van der Waals surface area contributed by atoms with Crippen molar-refractivity contribution in [3.63, 3.8) is 0 Å². The number of nitrogens with one attached hydrogen (secondary N) is 2. The molecule has 0 aliphatic heterocycles. The summed E-state index contributed by atoms with van der Waals surface area (Å²) in [4.78, 5) is 25.7. The predicted octanol–water partition coefficient (Wildman–Crippen LogP) is 3.15. The van der Waals surface area contributed by atoms with Crippen molar-refractivity contribution in [2.45, 2.75) is 18.9 Å². The highest BCUT2D eigenvalue weighted by atomic mass is 32.1. The van der Waals surface area contributed by atoms with E-state index in [1.54, 1.807) is 30.3 Å². The quantitative estimate of drug-likeness (QED) is 0.549. The van der Waals surface area contributed by atoms with Crippen molar-refractivity contribution < 1.29 is 14.7 Å². The summed E-state index contributed by atoms with van der Waals surface area (Å²) in [6.45, 7) is 0.419. The third-order valence-electron chi connectivity index (χ3n) is 4.27. The fraction of sp³-hybridized carbons (Fsp3) is 0.182. The van der Waals surface area contributed by atoms with Gasteiger partial charge in [-0.3, -0.25) is 9.59 Å². The second-order valence-electron chi connectivity index (χ2n) is 6.40. The zero-order valence-corrected chi connectivity index (χ0v) is 16.1. The average molecular weight is 394 g/mol. The lowest BCUT2D eigenvalue weighted by Gasteiger charge is -2.18. The van der Waals surface area contributed by atoms with Gasteiger partial charge in [-0.15, -0.1) is 11.3 Å². The van der Waals surface area contributed by atoms with E-state index in [0.29, 0.717) is 24.3 Å². The molecular weight excluding hydrogens is 372 g/mol. The van der Waals surface area contributed by atoms with Gasteiger partial charge in [-0.1, -0.05) is 48.5 Å². The van der Waals surface area contributed by atoms with Gasteiger partial charge in [0.1, 0.15) is 11.8 Å². The van der Waals surface area contributed by atoms with Gasteiger partial charge in [-0.2, -0.15) is 0 Å². The van der Waals surface area contributed by atoms with Crippen LogP contribution in [0, 0.1) is 0 Å². The summed E-state index contributed by atoms with van der Waals surface area (Å²) in [6, 6.07) is 19.4. The number of carbonyl (C=O) groups excluding carboxylic acids is 2. The average Bonchev–Trinajstić information content (AvgIpc) is 3.23. The first-order valence-electron chi connectivity index (χ1n) is 9.06. The van der Waals surface area contributed by atoms with Gasteiger partial charge in [-0.25, -0.2) is 0 Å². The monoisotopic (exact) mass is 394 g/mol. The highest BCUT2D eigenvalue weighted by Gasteiger charge is 2.22. The van der Waals surface area contributed by atoms with E-state index in [0.717, 1.165) is 11.1 Å². The van der Waals surface area contributed by atoms with Crippen LogP contribution in [0.4, 0.5) is 0 Å². The van der Waals surface area contributed by atoms with Crippen LogP contribution < -0.4 is 10.6 Å². The van der Waals surface area contributed by atoms with Crippen LogP contribution in [0.5, 0.6) is 5.75 Å². The molecule has 3 aromatic rings. The van der Waals surface area contributed by atoms with Crippen molar-refractivity contribution in [2.24, 2.45) is 0 Å². The second-order valence-corrected chi connectivity index (χ2v) is 7.35. The molecule has 3 N–H and O–H groups in total. The number of phenolic OH excluding ortho intramolecular Hbond substituents is 1. The van der Waals surface area contributed by atoms with E-state index >= 15 is 0 Å². The van der Waals surface area contributed by atoms with Gasteiger partial charge < -0.3 is 15.7 Å². The topological polar surface area (TPSA) is 78.4 Å². The zero-order valence-electron chi connectivity index (χ0n) is 15.3. The minimum Gasteiger partial charge on any atom is -0.508 e. The van der Waals surface area contributed by atoms with E-state index < -0.39 is 6.04 Å². The minimum absolute atomic E-state index is 0.203. The first kappa shape index (κ1) is 19.6. The lowest BCUT2D eigenvalue weighted by Crippen LogP contribution is -2.48. The molecule has 2 amide bonds. The maximum atomic E-state index is 12.7. The summed E-state index contributed by atoms with van der Waals surface area (Å²) in [5.41, 5.74) is 1.91. The van der Waals surface area contributed by atoms with E-state index in [2.05, 4.69) is 10.6 Å². The molecule has 1 atom stereocenters.